The molecule has 0 spiro atoms. The highest BCUT2D eigenvalue weighted by molar-refractivity contribution is 9.10. The van der Waals surface area contributed by atoms with Gasteiger partial charge in [0.15, 0.2) is 11.5 Å². The number of benzene rings is 3. The van der Waals surface area contributed by atoms with Gasteiger partial charge in [-0.1, -0.05) is 60.8 Å². The molecule has 1 amide bonds. The lowest BCUT2D eigenvalue weighted by Gasteiger charge is -2.14. The number of halogens is 2. The van der Waals surface area contributed by atoms with Crippen molar-refractivity contribution in [1.29, 1.82) is 0 Å². The zero-order valence-electron chi connectivity index (χ0n) is 22.2. The van der Waals surface area contributed by atoms with Gasteiger partial charge in [0, 0.05) is 27.4 Å². The van der Waals surface area contributed by atoms with Gasteiger partial charge in [-0.2, -0.15) is 0 Å². The number of rotatable bonds is 8. The third kappa shape index (κ3) is 6.77. The van der Waals surface area contributed by atoms with Crippen molar-refractivity contribution in [3.05, 3.63) is 103 Å². The average molecular weight is 638 g/mol. The minimum absolute atomic E-state index is 0.112. The number of thiophene rings is 1. The summed E-state index contributed by atoms with van der Waals surface area (Å²) in [6, 6.07) is 21.0. The zero-order chi connectivity index (χ0) is 27.9. The van der Waals surface area contributed by atoms with E-state index in [2.05, 4.69) is 21.2 Å². The van der Waals surface area contributed by atoms with Crippen LogP contribution in [0, 0.1) is 0 Å². The molecule has 4 aromatic rings. The fraction of sp³-hybridized carbons (Fsp3) is 0.250. The average Bonchev–Trinajstić information content (AvgIpc) is 3.28. The minimum Gasteiger partial charge on any atom is -0.493 e. The molecule has 0 radical (unpaired) electrons. The molecular weight excluding hydrogens is 608 g/mol. The Kier molecular flexibility index (Phi) is 9.57. The van der Waals surface area contributed by atoms with Gasteiger partial charge in [-0.25, -0.2) is 4.99 Å². The number of ether oxygens (including phenoxy) is 2. The second kappa shape index (κ2) is 13.5. The van der Waals surface area contributed by atoms with Crippen molar-refractivity contribution in [2.24, 2.45) is 4.99 Å². The Hall–Kier alpha value is -3.13. The number of nitrogens with one attached hydrogen (secondary N) is 1. The maximum Gasteiger partial charge on any atom is 0.259 e. The third-order valence-electron chi connectivity index (χ3n) is 6.82. The van der Waals surface area contributed by atoms with E-state index in [4.69, 9.17) is 26.1 Å². The van der Waals surface area contributed by atoms with E-state index < -0.39 is 0 Å². The van der Waals surface area contributed by atoms with E-state index in [0.29, 0.717) is 28.7 Å². The highest BCUT2D eigenvalue weighted by Gasteiger charge is 2.24. The smallest absolute Gasteiger partial charge is 0.259 e. The van der Waals surface area contributed by atoms with Gasteiger partial charge in [0.05, 0.1) is 17.1 Å². The van der Waals surface area contributed by atoms with Crippen LogP contribution in [0.5, 0.6) is 11.5 Å². The number of para-hydroxylation sites is 1. The lowest BCUT2D eigenvalue weighted by atomic mass is 9.96. The van der Waals surface area contributed by atoms with Crippen molar-refractivity contribution >= 4 is 61.7 Å². The summed E-state index contributed by atoms with van der Waals surface area (Å²) in [5, 5.41) is 4.46. The van der Waals surface area contributed by atoms with E-state index in [1.54, 1.807) is 24.7 Å². The first-order chi connectivity index (χ1) is 19.5. The maximum absolute atomic E-state index is 13.6. The monoisotopic (exact) mass is 636 g/mol. The molecule has 1 N–H and O–H groups in total. The van der Waals surface area contributed by atoms with Crippen LogP contribution >= 0.6 is 38.9 Å². The van der Waals surface area contributed by atoms with Crippen LogP contribution in [0.15, 0.2) is 76.2 Å². The molecule has 0 saturated carbocycles. The summed E-state index contributed by atoms with van der Waals surface area (Å²) in [6.45, 7) is 0.308. The predicted molar refractivity (Wildman–Crippen MR) is 168 cm³/mol. The molecule has 1 heterocycles. The van der Waals surface area contributed by atoms with Gasteiger partial charge in [0.2, 0.25) is 0 Å². The molecule has 1 aromatic heterocycles. The standard InChI is InChI=1S/C32H30BrClN2O3S/c1-38-27-18-21(17-25(33)30(27)39-20-22-11-9-10-15-26(22)34)19-35-32-29(31(37)36-23-12-5-4-6-13-23)24-14-7-2-3-8-16-28(24)40-32/h4-6,9-13,15,17-19H,2-3,7-8,14,16,20H2,1H3,(H,36,37). The Bertz CT molecular complexity index is 1520. The number of anilines is 1. The summed E-state index contributed by atoms with van der Waals surface area (Å²) in [5.74, 6) is 1.04. The van der Waals surface area contributed by atoms with Crippen LogP contribution in [-0.4, -0.2) is 19.2 Å². The topological polar surface area (TPSA) is 59.9 Å². The summed E-state index contributed by atoms with van der Waals surface area (Å²) in [4.78, 5) is 19.7. The Labute approximate surface area is 252 Å². The van der Waals surface area contributed by atoms with Crippen LogP contribution in [-0.2, 0) is 19.4 Å². The highest BCUT2D eigenvalue weighted by Crippen LogP contribution is 2.40. The number of aliphatic imine (C=N–C) groups is 1. The summed E-state index contributed by atoms with van der Waals surface area (Å²) in [6.07, 6.45) is 8.29. The molecule has 0 fully saturated rings. The predicted octanol–water partition coefficient (Wildman–Crippen LogP) is 9.41. The second-order valence-electron chi connectivity index (χ2n) is 9.59. The summed E-state index contributed by atoms with van der Waals surface area (Å²) in [7, 11) is 1.61. The Morgan fingerprint density at radius 2 is 1.80 bits per heavy atom. The third-order valence-corrected chi connectivity index (χ3v) is 8.98. The van der Waals surface area contributed by atoms with Crippen LogP contribution in [0.3, 0.4) is 0 Å². The molecule has 0 bridgehead atoms. The van der Waals surface area contributed by atoms with Crippen molar-refractivity contribution in [2.75, 3.05) is 12.4 Å². The maximum atomic E-state index is 13.6. The highest BCUT2D eigenvalue weighted by atomic mass is 79.9. The van der Waals surface area contributed by atoms with Crippen LogP contribution in [0.4, 0.5) is 10.7 Å². The molecule has 0 aliphatic heterocycles. The second-order valence-corrected chi connectivity index (χ2v) is 11.9. The van der Waals surface area contributed by atoms with E-state index in [9.17, 15) is 4.79 Å². The SMILES string of the molecule is COc1cc(C=Nc2sc3c(c2C(=O)Nc2ccccc2)CCCCCC3)cc(Br)c1OCc1ccccc1Cl. The van der Waals surface area contributed by atoms with Crippen LogP contribution in [0.25, 0.3) is 0 Å². The molecule has 0 saturated heterocycles. The van der Waals surface area contributed by atoms with Gasteiger partial charge in [-0.05, 0) is 83.1 Å². The normalized spacial score (nSPS) is 13.4. The lowest BCUT2D eigenvalue weighted by molar-refractivity contribution is 0.102. The summed E-state index contributed by atoms with van der Waals surface area (Å²) >= 11 is 11.6. The van der Waals surface area contributed by atoms with Crippen molar-refractivity contribution in [2.45, 2.75) is 45.1 Å². The number of hydrogen-bond donors (Lipinski definition) is 1. The largest absolute Gasteiger partial charge is 0.493 e. The Balaban J connectivity index is 1.44. The molecule has 3 aromatic carbocycles. The molecule has 8 heteroatoms. The number of aryl methyl sites for hydroxylation is 1. The first-order valence-corrected chi connectivity index (χ1v) is 15.3. The molecule has 206 valence electrons. The zero-order valence-corrected chi connectivity index (χ0v) is 25.4. The van der Waals surface area contributed by atoms with Gasteiger partial charge in [0.1, 0.15) is 11.6 Å². The summed E-state index contributed by atoms with van der Waals surface area (Å²) in [5.41, 5.74) is 4.32. The van der Waals surface area contributed by atoms with E-state index in [1.165, 1.54) is 17.7 Å². The molecule has 5 nitrogen and oxygen atoms in total. The van der Waals surface area contributed by atoms with E-state index in [0.717, 1.165) is 57.5 Å². The van der Waals surface area contributed by atoms with E-state index in [-0.39, 0.29) is 5.91 Å². The number of hydrogen-bond acceptors (Lipinski definition) is 5. The first kappa shape index (κ1) is 28.4. The summed E-state index contributed by atoms with van der Waals surface area (Å²) < 4.78 is 12.5. The molecule has 40 heavy (non-hydrogen) atoms. The molecule has 0 atom stereocenters. The fourth-order valence-corrected chi connectivity index (χ4v) is 6.79. The number of nitrogens with zero attached hydrogens (tertiary/aromatic N) is 1. The molecule has 1 aliphatic rings. The number of fused-ring (bicyclic) bond motifs is 1. The number of carbonyl (C=O) groups is 1. The quantitative estimate of drug-likeness (QED) is 0.196. The van der Waals surface area contributed by atoms with Gasteiger partial charge < -0.3 is 14.8 Å². The van der Waals surface area contributed by atoms with Crippen molar-refractivity contribution in [3.63, 3.8) is 0 Å². The van der Waals surface area contributed by atoms with Crippen LogP contribution < -0.4 is 14.8 Å². The van der Waals surface area contributed by atoms with Gasteiger partial charge in [0.25, 0.3) is 5.91 Å². The first-order valence-electron chi connectivity index (χ1n) is 13.3. The Morgan fingerprint density at radius 3 is 2.58 bits per heavy atom. The van der Waals surface area contributed by atoms with E-state index in [1.807, 2.05) is 66.7 Å². The molecule has 5 rings (SSSR count). The molecule has 0 unspecified atom stereocenters. The number of amides is 1. The van der Waals surface area contributed by atoms with Gasteiger partial charge in [-0.3, -0.25) is 4.79 Å². The number of carbonyl (C=O) groups excluding carboxylic acids is 1. The molecular formula is C32H30BrClN2O3S. The van der Waals surface area contributed by atoms with Gasteiger partial charge in [-0.15, -0.1) is 11.3 Å². The fourth-order valence-electron chi connectivity index (χ4n) is 4.80. The van der Waals surface area contributed by atoms with Crippen molar-refractivity contribution in [1.82, 2.24) is 0 Å². The van der Waals surface area contributed by atoms with Crippen LogP contribution in [0.1, 0.15) is 57.6 Å². The Morgan fingerprint density at radius 1 is 1.05 bits per heavy atom. The van der Waals surface area contributed by atoms with Crippen molar-refractivity contribution in [3.8, 4) is 11.5 Å². The lowest BCUT2D eigenvalue weighted by Crippen LogP contribution is -2.14. The van der Waals surface area contributed by atoms with Crippen molar-refractivity contribution < 1.29 is 14.3 Å². The molecule has 1 aliphatic carbocycles. The minimum atomic E-state index is -0.112. The van der Waals surface area contributed by atoms with E-state index >= 15 is 0 Å². The van der Waals surface area contributed by atoms with Crippen LogP contribution in [0.2, 0.25) is 5.02 Å². The van der Waals surface area contributed by atoms with Gasteiger partial charge >= 0.3 is 0 Å². The number of methoxy groups -OCH3 is 1.